The molecule has 16 aromatic rings. The molecule has 5 saturated heterocycles. The van der Waals surface area contributed by atoms with Crippen molar-refractivity contribution >= 4 is 164 Å². The number of nitrogens with two attached hydrogens (primary N) is 2. The Morgan fingerprint density at radius 1 is 0.383 bits per heavy atom. The highest BCUT2D eigenvalue weighted by Crippen LogP contribution is 2.35. The van der Waals surface area contributed by atoms with Crippen LogP contribution in [0.15, 0.2) is 199 Å². The fourth-order valence-corrected chi connectivity index (χ4v) is 18.5. The first kappa shape index (κ1) is 89.3. The summed E-state index contributed by atoms with van der Waals surface area (Å²) in [6.07, 6.45) is 34.0. The van der Waals surface area contributed by atoms with Gasteiger partial charge < -0.3 is 63.9 Å². The summed E-state index contributed by atoms with van der Waals surface area (Å²) < 4.78 is 36.4. The maximum Gasteiger partial charge on any atom is 0.238 e. The van der Waals surface area contributed by atoms with Crippen LogP contribution in [0.3, 0.4) is 0 Å². The van der Waals surface area contributed by atoms with Gasteiger partial charge in [0.25, 0.3) is 0 Å². The molecule has 3 atom stereocenters. The molecule has 128 heavy (non-hydrogen) atoms. The molecule has 15 N–H and O–H groups in total. The number of rotatable bonds is 21. The quantitative estimate of drug-likeness (QED) is 0.0318. The van der Waals surface area contributed by atoms with E-state index in [-0.39, 0.29) is 10.8 Å². The Balaban J connectivity index is 0.000000113. The number of fused-ring (bicyclic) bond motifs is 6. The molecule has 5 aliphatic heterocycles. The Hall–Kier alpha value is -10.7. The topological polar surface area (TPSA) is 438 Å². The van der Waals surface area contributed by atoms with Crippen molar-refractivity contribution in [1.29, 1.82) is 0 Å². The van der Waals surface area contributed by atoms with Crippen molar-refractivity contribution in [3.05, 3.63) is 250 Å². The summed E-state index contributed by atoms with van der Waals surface area (Å²) >= 11 is 17.8. The SMILES string of the molecule is Brc1cnn2c(NCc3ccc4nc[nH]c4c3)cc(C3CCNCC3)nc12.Brc1cnn2c(NCc3cccnc3)cc(C3CCCCN3)nc12.Brc1cnn2c(NCc3cccnc3)cc(C3CCCNC3)nc12.NS(=O)(=O)c1ccc(CNc2cc(C3CCNCC3)nc3c(Br)cnn23)cc1.Nc1ncc(CNc2cc(C3CCCNC3)nc3c(Br)cnn23)cn1. The molecule has 5 aliphatic rings. The van der Waals surface area contributed by atoms with Gasteiger partial charge in [-0.25, -0.2) is 53.4 Å². The number of hydrogen-bond acceptors (Lipinski definition) is 28. The van der Waals surface area contributed by atoms with Gasteiger partial charge in [-0.05, 0) is 248 Å². The molecule has 35 nitrogen and oxygen atoms in total. The Morgan fingerprint density at radius 3 is 1.18 bits per heavy atom. The van der Waals surface area contributed by atoms with Crippen molar-refractivity contribution in [3.8, 4) is 0 Å². The molecule has 21 rings (SSSR count). The number of H-pyrrole nitrogens is 1. The normalized spacial score (nSPS) is 16.9. The van der Waals surface area contributed by atoms with Gasteiger partial charge in [0.1, 0.15) is 29.1 Å². The molecule has 14 aromatic heterocycles. The van der Waals surface area contributed by atoms with Crippen LogP contribution in [0, 0.1) is 0 Å². The van der Waals surface area contributed by atoms with E-state index in [0.29, 0.717) is 62.4 Å². The molecule has 0 amide bonds. The number of nitrogen functional groups attached to an aromatic ring is 1. The summed E-state index contributed by atoms with van der Waals surface area (Å²) in [7, 11) is -3.68. The van der Waals surface area contributed by atoms with E-state index in [1.165, 1.54) is 49.8 Å². The number of halogens is 5. The zero-order valence-electron chi connectivity index (χ0n) is 69.9. The van der Waals surface area contributed by atoms with Gasteiger partial charge in [0.15, 0.2) is 28.2 Å². The number of imidazole rings is 1. The lowest BCUT2D eigenvalue weighted by Gasteiger charge is -2.23. The molecule has 0 bridgehead atoms. The van der Waals surface area contributed by atoms with Crippen LogP contribution in [-0.4, -0.2) is 170 Å². The monoisotopic (exact) mass is 2060 g/mol. The van der Waals surface area contributed by atoms with Crippen molar-refractivity contribution in [1.82, 2.24) is 129 Å². The van der Waals surface area contributed by atoms with Crippen molar-refractivity contribution in [2.24, 2.45) is 5.14 Å². The number of anilines is 6. The highest BCUT2D eigenvalue weighted by molar-refractivity contribution is 9.11. The average molecular weight is 2070 g/mol. The number of hydrogen-bond donors (Lipinski definition) is 13. The highest BCUT2D eigenvalue weighted by Gasteiger charge is 2.27. The van der Waals surface area contributed by atoms with Gasteiger partial charge in [-0.3, -0.25) is 9.97 Å². The molecule has 3 unspecified atom stereocenters. The summed E-state index contributed by atoms with van der Waals surface area (Å²) in [5, 5.41) is 61.9. The number of benzene rings is 2. The van der Waals surface area contributed by atoms with E-state index in [9.17, 15) is 8.42 Å². The number of nitrogens with one attached hydrogen (secondary N) is 11. The maximum absolute atomic E-state index is 11.4. The Bertz CT molecular complexity index is 6390. The van der Waals surface area contributed by atoms with Crippen LogP contribution >= 0.6 is 79.6 Å². The zero-order chi connectivity index (χ0) is 87.9. The fourth-order valence-electron chi connectivity index (χ4n) is 16.3. The lowest BCUT2D eigenvalue weighted by molar-refractivity contribution is 0.405. The molecule has 19 heterocycles. The number of pyridine rings is 2. The smallest absolute Gasteiger partial charge is 0.238 e. The second-order valence-corrected chi connectivity index (χ2v) is 37.8. The van der Waals surface area contributed by atoms with E-state index in [4.69, 9.17) is 35.8 Å². The first-order valence-electron chi connectivity index (χ1n) is 42.9. The molecule has 0 radical (unpaired) electrons. The van der Waals surface area contributed by atoms with Gasteiger partial charge in [-0.15, -0.1) is 0 Å². The molecule has 0 aliphatic carbocycles. The Labute approximate surface area is 780 Å². The zero-order valence-corrected chi connectivity index (χ0v) is 78.7. The van der Waals surface area contributed by atoms with Gasteiger partial charge >= 0.3 is 0 Å². The fraction of sp³-hybridized carbons (Fsp3) is 0.345. The average Bonchev–Trinajstić information content (AvgIpc) is 1.64. The van der Waals surface area contributed by atoms with Crippen molar-refractivity contribution < 1.29 is 8.42 Å². The van der Waals surface area contributed by atoms with Crippen LogP contribution < -0.4 is 64.0 Å². The third-order valence-electron chi connectivity index (χ3n) is 23.1. The summed E-state index contributed by atoms with van der Waals surface area (Å²) in [4.78, 5) is 48.1. The summed E-state index contributed by atoms with van der Waals surface area (Å²) in [6, 6.07) is 31.6. The lowest BCUT2D eigenvalue weighted by atomic mass is 9.94. The van der Waals surface area contributed by atoms with Gasteiger partial charge in [0, 0.05) is 160 Å². The number of nitrogens with zero attached hydrogens (tertiary/aromatic N) is 20. The van der Waals surface area contributed by atoms with E-state index in [0.717, 1.165) is 239 Å². The van der Waals surface area contributed by atoms with Crippen molar-refractivity contribution in [2.75, 3.05) is 91.2 Å². The van der Waals surface area contributed by atoms with Crippen LogP contribution in [0.5, 0.6) is 0 Å². The largest absolute Gasteiger partial charge is 0.368 e. The van der Waals surface area contributed by atoms with E-state index < -0.39 is 10.0 Å². The van der Waals surface area contributed by atoms with E-state index in [2.05, 4.69) is 243 Å². The predicted molar refractivity (Wildman–Crippen MR) is 513 cm³/mol. The van der Waals surface area contributed by atoms with Crippen molar-refractivity contribution in [2.45, 2.75) is 138 Å². The number of aromatic amines is 1. The summed E-state index contributed by atoms with van der Waals surface area (Å²) in [5.74, 6) is 6.65. The van der Waals surface area contributed by atoms with Gasteiger partial charge in [-0.1, -0.05) is 36.8 Å². The van der Waals surface area contributed by atoms with Gasteiger partial charge in [-0.2, -0.15) is 48.1 Å². The molecule has 2 aromatic carbocycles. The van der Waals surface area contributed by atoms with E-state index in [1.54, 1.807) is 78.7 Å². The number of piperidine rings is 5. The third kappa shape index (κ3) is 22.2. The highest BCUT2D eigenvalue weighted by atomic mass is 79.9. The van der Waals surface area contributed by atoms with Crippen LogP contribution in [0.1, 0.15) is 157 Å². The molecule has 41 heteroatoms. The number of aromatic nitrogens is 21. The third-order valence-corrected chi connectivity index (χ3v) is 26.9. The van der Waals surface area contributed by atoms with E-state index >= 15 is 0 Å². The minimum atomic E-state index is -3.68. The van der Waals surface area contributed by atoms with Gasteiger partial charge in [0.2, 0.25) is 16.0 Å². The number of sulfonamides is 1. The first-order valence-corrected chi connectivity index (χ1v) is 48.4. The van der Waals surface area contributed by atoms with Gasteiger partial charge in [0.05, 0.1) is 92.7 Å². The second kappa shape index (κ2) is 42.2. The Kier molecular flexibility index (Phi) is 29.5. The Morgan fingerprint density at radius 2 is 0.781 bits per heavy atom. The van der Waals surface area contributed by atoms with Crippen LogP contribution in [0.25, 0.3) is 39.3 Å². The summed E-state index contributed by atoms with van der Waals surface area (Å²) in [6.45, 7) is 12.5. The van der Waals surface area contributed by atoms with E-state index in [1.807, 2.05) is 48.7 Å². The second-order valence-electron chi connectivity index (χ2n) is 32.0. The van der Waals surface area contributed by atoms with Crippen molar-refractivity contribution in [3.63, 3.8) is 0 Å². The first-order chi connectivity index (χ1) is 62.5. The summed E-state index contributed by atoms with van der Waals surface area (Å²) in [5.41, 5.74) is 22.5. The molecule has 0 spiro atoms. The molecule has 0 saturated carbocycles. The maximum atomic E-state index is 11.4. The van der Waals surface area contributed by atoms with Crippen LogP contribution in [-0.2, 0) is 42.7 Å². The molecular weight excluding hydrogens is 1970 g/mol. The minimum absolute atomic E-state index is 0.103. The predicted octanol–water partition coefficient (Wildman–Crippen LogP) is 13.9. The van der Waals surface area contributed by atoms with Crippen LogP contribution in [0.4, 0.5) is 35.0 Å². The molecular formula is C87H98Br5N33O2S. The molecule has 5 fully saturated rings. The van der Waals surface area contributed by atoms with Crippen LogP contribution in [0.2, 0.25) is 0 Å². The number of primary sulfonamides is 1. The standard InChI is InChI=1S/C19H20BrN7.C18H21BrN6O2S.2C17H19BrN6.C16H19BrN8/c20-14-10-25-27-18(8-16(26-19(14)27)13-3-5-21-6-4-13)22-9-12-1-2-15-17(7-12)24-11-23-15;19-15-11-23-25-17(9-16(24-18(15)25)13-5-7-21-8-6-13)22-10-12-1-3-14(4-2-12)28(20,26)27;18-14-11-22-24-16(21-9-12-3-1-5-19-8-12)7-15(23-17(14)24)13-4-2-6-20-10-13;18-13-11-22-24-16(21-10-12-4-3-6-19-9-12)8-15(23-17(13)24)14-5-1-2-7-20-14;17-12-9-23-25-14(20-5-10-6-21-16(18)22-7-10)4-13(24-15(12)25)11-2-1-3-19-8-11/h1-2,7-8,10-11,13,21-22H,3-6,9H2,(H,23,24);1-4,9,11,13,21-22H,5-8,10H2,(H2,20,26,27);1,3,5,7-8,11,13,20-21H,2,4,6,9-10H2;3-4,6,8-9,11,14,20-21H,1-2,5,7,10H2;4,6-7,9,11,19-20H,1-3,5,8H2,(H2,18,21,22). The lowest BCUT2D eigenvalue weighted by Crippen LogP contribution is -2.29. The molecule has 664 valence electrons. The minimum Gasteiger partial charge on any atom is -0.368 e.